The van der Waals surface area contributed by atoms with Crippen LogP contribution >= 0.6 is 0 Å². The van der Waals surface area contributed by atoms with E-state index in [9.17, 15) is 13.2 Å². The number of hydrogen-bond donors (Lipinski definition) is 2. The summed E-state index contributed by atoms with van der Waals surface area (Å²) < 4.78 is 39.0. The molecule has 5 rings (SSSR count). The topological polar surface area (TPSA) is 86.4 Å². The van der Waals surface area contributed by atoms with Crippen molar-refractivity contribution in [1.82, 2.24) is 29.9 Å². The number of piperidine rings is 1. The predicted octanol–water partition coefficient (Wildman–Crippen LogP) is 4.15. The maximum Gasteiger partial charge on any atom is 0.416 e. The molecule has 1 aromatic carbocycles. The molecule has 10 heteroatoms. The number of alkyl halides is 3. The highest BCUT2D eigenvalue weighted by atomic mass is 19.4. The molecule has 1 aliphatic rings. The highest BCUT2D eigenvalue weighted by Gasteiger charge is 2.31. The zero-order chi connectivity index (χ0) is 20.7. The Kier molecular flexibility index (Phi) is 4.41. The van der Waals surface area contributed by atoms with Crippen LogP contribution in [0.5, 0.6) is 0 Å². The van der Waals surface area contributed by atoms with E-state index in [2.05, 4.69) is 34.8 Å². The second kappa shape index (κ2) is 7.12. The fourth-order valence-electron chi connectivity index (χ4n) is 3.91. The summed E-state index contributed by atoms with van der Waals surface area (Å²) in [6, 6.07) is 5.28. The summed E-state index contributed by atoms with van der Waals surface area (Å²) in [4.78, 5) is 25.7. The first-order chi connectivity index (χ1) is 14.5. The molecule has 2 N–H and O–H groups in total. The summed E-state index contributed by atoms with van der Waals surface area (Å²) >= 11 is 0. The van der Waals surface area contributed by atoms with E-state index >= 15 is 0 Å². The molecule has 3 aromatic heterocycles. The summed E-state index contributed by atoms with van der Waals surface area (Å²) in [7, 11) is 0. The van der Waals surface area contributed by atoms with Crippen LogP contribution in [0, 0.1) is 0 Å². The van der Waals surface area contributed by atoms with Crippen LogP contribution in [0.3, 0.4) is 0 Å². The second-order valence-corrected chi connectivity index (χ2v) is 7.32. The van der Waals surface area contributed by atoms with E-state index in [1.54, 1.807) is 18.6 Å². The van der Waals surface area contributed by atoms with Gasteiger partial charge < -0.3 is 14.9 Å². The van der Waals surface area contributed by atoms with Gasteiger partial charge in [0.05, 0.1) is 23.8 Å². The number of aromatic amines is 2. The maximum absolute atomic E-state index is 13.0. The van der Waals surface area contributed by atoms with E-state index in [1.807, 2.05) is 0 Å². The predicted molar refractivity (Wildman–Crippen MR) is 105 cm³/mol. The largest absolute Gasteiger partial charge is 0.416 e. The number of halogens is 3. The van der Waals surface area contributed by atoms with Gasteiger partial charge in [-0.2, -0.15) is 13.2 Å². The van der Waals surface area contributed by atoms with E-state index in [0.717, 1.165) is 55.2 Å². The van der Waals surface area contributed by atoms with Crippen molar-refractivity contribution in [3.8, 4) is 11.3 Å². The van der Waals surface area contributed by atoms with Crippen molar-refractivity contribution < 1.29 is 13.2 Å². The van der Waals surface area contributed by atoms with Gasteiger partial charge in [0, 0.05) is 24.6 Å². The number of nitrogens with zero attached hydrogens (tertiary/aromatic N) is 5. The van der Waals surface area contributed by atoms with Gasteiger partial charge in [-0.3, -0.25) is 0 Å². The normalized spacial score (nSPS) is 15.8. The number of anilines is 1. The van der Waals surface area contributed by atoms with Crippen LogP contribution < -0.4 is 4.90 Å². The second-order valence-electron chi connectivity index (χ2n) is 7.32. The Labute approximate surface area is 169 Å². The summed E-state index contributed by atoms with van der Waals surface area (Å²) in [5.41, 5.74) is 1.86. The van der Waals surface area contributed by atoms with Crippen molar-refractivity contribution in [2.45, 2.75) is 24.9 Å². The summed E-state index contributed by atoms with van der Waals surface area (Å²) in [5.74, 6) is 1.84. The molecule has 0 spiro atoms. The van der Waals surface area contributed by atoms with Gasteiger partial charge in [0.25, 0.3) is 0 Å². The SMILES string of the molecule is FC(F)(F)c1cccc(-c2cnc(C3CCN(c4ncnc5nc[nH]c45)CC3)[nH]2)c1. The Balaban J connectivity index is 1.31. The molecular weight excluding hydrogens is 395 g/mol. The first kappa shape index (κ1) is 18.6. The average Bonchev–Trinajstić information content (AvgIpc) is 3.43. The van der Waals surface area contributed by atoms with E-state index < -0.39 is 11.7 Å². The van der Waals surface area contributed by atoms with Gasteiger partial charge in [-0.1, -0.05) is 12.1 Å². The van der Waals surface area contributed by atoms with E-state index in [1.165, 1.54) is 12.4 Å². The number of hydrogen-bond acceptors (Lipinski definition) is 5. The third kappa shape index (κ3) is 3.38. The Morgan fingerprint density at radius 2 is 1.87 bits per heavy atom. The van der Waals surface area contributed by atoms with Gasteiger partial charge in [0.15, 0.2) is 11.5 Å². The lowest BCUT2D eigenvalue weighted by Crippen LogP contribution is -2.34. The molecule has 4 heterocycles. The third-order valence-corrected chi connectivity index (χ3v) is 5.48. The van der Waals surface area contributed by atoms with Crippen molar-refractivity contribution in [2.75, 3.05) is 18.0 Å². The lowest BCUT2D eigenvalue weighted by Gasteiger charge is -2.32. The van der Waals surface area contributed by atoms with Crippen molar-refractivity contribution >= 4 is 17.0 Å². The minimum absolute atomic E-state index is 0.208. The third-order valence-electron chi connectivity index (χ3n) is 5.48. The van der Waals surface area contributed by atoms with E-state index in [0.29, 0.717) is 16.9 Å². The van der Waals surface area contributed by atoms with Crippen molar-refractivity contribution in [3.63, 3.8) is 0 Å². The van der Waals surface area contributed by atoms with Gasteiger partial charge in [-0.25, -0.2) is 19.9 Å². The van der Waals surface area contributed by atoms with Crippen molar-refractivity contribution in [2.24, 2.45) is 0 Å². The molecule has 0 radical (unpaired) electrons. The molecule has 1 saturated heterocycles. The lowest BCUT2D eigenvalue weighted by molar-refractivity contribution is -0.137. The van der Waals surface area contributed by atoms with Crippen LogP contribution in [0.25, 0.3) is 22.4 Å². The van der Waals surface area contributed by atoms with Crippen molar-refractivity contribution in [3.05, 3.63) is 54.5 Å². The molecule has 0 saturated carbocycles. The molecule has 4 aromatic rings. The zero-order valence-electron chi connectivity index (χ0n) is 15.8. The highest BCUT2D eigenvalue weighted by molar-refractivity contribution is 5.82. The number of aromatic nitrogens is 6. The Bertz CT molecular complexity index is 1170. The number of imidazole rings is 2. The van der Waals surface area contributed by atoms with E-state index in [4.69, 9.17) is 0 Å². The summed E-state index contributed by atoms with van der Waals surface area (Å²) in [6.07, 6.45) is 2.07. The lowest BCUT2D eigenvalue weighted by atomic mass is 9.96. The van der Waals surface area contributed by atoms with Gasteiger partial charge >= 0.3 is 6.18 Å². The number of rotatable bonds is 3. The fourth-order valence-corrected chi connectivity index (χ4v) is 3.91. The summed E-state index contributed by atoms with van der Waals surface area (Å²) in [5, 5.41) is 0. The molecule has 7 nitrogen and oxygen atoms in total. The number of H-pyrrole nitrogens is 2. The molecule has 0 unspecified atom stereocenters. The molecule has 30 heavy (non-hydrogen) atoms. The van der Waals surface area contributed by atoms with E-state index in [-0.39, 0.29) is 5.92 Å². The van der Waals surface area contributed by atoms with Crippen molar-refractivity contribution in [1.29, 1.82) is 0 Å². The first-order valence-corrected chi connectivity index (χ1v) is 9.60. The Hall–Kier alpha value is -3.43. The molecular formula is C20H18F3N7. The Morgan fingerprint density at radius 3 is 2.67 bits per heavy atom. The highest BCUT2D eigenvalue weighted by Crippen LogP contribution is 2.34. The minimum atomic E-state index is -4.37. The standard InChI is InChI=1S/C20H18F3N7/c21-20(22,23)14-3-1-2-13(8-14)15-9-24-17(29-15)12-4-6-30(7-5-12)19-16-18(26-10-25-16)27-11-28-19/h1-3,8-12H,4-7H2,(H,24,29)(H,25,26,27,28). The number of benzene rings is 1. The first-order valence-electron chi connectivity index (χ1n) is 9.60. The Morgan fingerprint density at radius 1 is 1.03 bits per heavy atom. The van der Waals surface area contributed by atoms with Gasteiger partial charge in [-0.05, 0) is 25.0 Å². The smallest absolute Gasteiger partial charge is 0.355 e. The van der Waals surface area contributed by atoms with Gasteiger partial charge in [0.2, 0.25) is 0 Å². The quantitative estimate of drug-likeness (QED) is 0.527. The molecule has 0 aliphatic carbocycles. The average molecular weight is 413 g/mol. The molecule has 1 aliphatic heterocycles. The van der Waals surface area contributed by atoms with Crippen LogP contribution in [0.4, 0.5) is 19.0 Å². The molecule has 154 valence electrons. The molecule has 0 bridgehead atoms. The van der Waals surface area contributed by atoms with Crippen LogP contribution in [0.15, 0.2) is 43.1 Å². The molecule has 0 amide bonds. The van der Waals surface area contributed by atoms with Crippen LogP contribution in [-0.2, 0) is 6.18 Å². The van der Waals surface area contributed by atoms with Crippen LogP contribution in [0.2, 0.25) is 0 Å². The van der Waals surface area contributed by atoms with Crippen LogP contribution in [-0.4, -0.2) is 43.0 Å². The monoisotopic (exact) mass is 413 g/mol. The van der Waals surface area contributed by atoms with Gasteiger partial charge in [-0.15, -0.1) is 0 Å². The zero-order valence-corrected chi connectivity index (χ0v) is 15.8. The summed E-state index contributed by atoms with van der Waals surface area (Å²) in [6.45, 7) is 1.57. The molecule has 0 atom stereocenters. The maximum atomic E-state index is 13.0. The van der Waals surface area contributed by atoms with Crippen LogP contribution in [0.1, 0.15) is 30.1 Å². The van der Waals surface area contributed by atoms with Gasteiger partial charge in [0.1, 0.15) is 17.7 Å². The number of nitrogens with one attached hydrogen (secondary N) is 2. The molecule has 1 fully saturated rings. The number of fused-ring (bicyclic) bond motifs is 1. The fraction of sp³-hybridized carbons (Fsp3) is 0.300. The minimum Gasteiger partial charge on any atom is -0.355 e.